The molecule has 144 valence electrons. The molecule has 1 unspecified atom stereocenters. The van der Waals surface area contributed by atoms with Crippen molar-refractivity contribution in [2.75, 3.05) is 5.32 Å². The van der Waals surface area contributed by atoms with Crippen molar-refractivity contribution >= 4 is 32.4 Å². The van der Waals surface area contributed by atoms with E-state index >= 15 is 0 Å². The van der Waals surface area contributed by atoms with Gasteiger partial charge in [-0.05, 0) is 26.0 Å². The lowest BCUT2D eigenvalue weighted by Gasteiger charge is -2.26. The fourth-order valence-electron chi connectivity index (χ4n) is 2.76. The number of hydroxylamine groups is 1. The second-order valence-electron chi connectivity index (χ2n) is 7.05. The molecule has 0 bridgehead atoms. The number of sulfonamides is 1. The molecule has 1 heterocycles. The van der Waals surface area contributed by atoms with Crippen LogP contribution in [-0.2, 0) is 19.7 Å². The van der Waals surface area contributed by atoms with Crippen LogP contribution in [0.15, 0.2) is 53.1 Å². The summed E-state index contributed by atoms with van der Waals surface area (Å²) in [5, 5.41) is 4.03. The van der Waals surface area contributed by atoms with Crippen LogP contribution in [0.25, 0.3) is 10.8 Å². The van der Waals surface area contributed by atoms with E-state index in [0.29, 0.717) is 22.0 Å². The minimum absolute atomic E-state index is 0.128. The normalized spacial score (nSPS) is 19.8. The van der Waals surface area contributed by atoms with Gasteiger partial charge >= 0.3 is 0 Å². The Balaban J connectivity index is 2.05. The maximum atomic E-state index is 13.1. The molecule has 2 aromatic carbocycles. The molecule has 7 nitrogen and oxygen atoms in total. The van der Waals surface area contributed by atoms with Crippen LogP contribution in [-0.4, -0.2) is 20.0 Å². The molecule has 27 heavy (non-hydrogen) atoms. The summed E-state index contributed by atoms with van der Waals surface area (Å²) >= 11 is 0. The van der Waals surface area contributed by atoms with Crippen LogP contribution < -0.4 is 15.5 Å². The fourth-order valence-corrected chi connectivity index (χ4v) is 4.34. The first-order valence-electron chi connectivity index (χ1n) is 8.61. The number of carbonyl (C=O) groups excluding carboxylic acids is 1. The highest BCUT2D eigenvalue weighted by Gasteiger charge is 2.37. The lowest BCUT2D eigenvalue weighted by Crippen LogP contribution is -2.54. The van der Waals surface area contributed by atoms with E-state index in [1.807, 2.05) is 0 Å². The van der Waals surface area contributed by atoms with Gasteiger partial charge in [0.2, 0.25) is 15.9 Å². The van der Waals surface area contributed by atoms with Gasteiger partial charge in [-0.3, -0.25) is 4.79 Å². The van der Waals surface area contributed by atoms with E-state index < -0.39 is 15.7 Å². The molecule has 0 saturated carbocycles. The zero-order valence-electron chi connectivity index (χ0n) is 15.7. The molecule has 0 aliphatic carbocycles. The third-order valence-corrected chi connectivity index (χ3v) is 6.19. The molecule has 0 fully saturated rings. The van der Waals surface area contributed by atoms with Crippen molar-refractivity contribution in [1.82, 2.24) is 10.2 Å². The molecule has 0 aromatic heterocycles. The lowest BCUT2D eigenvalue weighted by atomic mass is 10.1. The van der Waals surface area contributed by atoms with Gasteiger partial charge in [0.25, 0.3) is 0 Å². The topological polar surface area (TPSA) is 96.5 Å². The highest BCUT2D eigenvalue weighted by molar-refractivity contribution is 7.89. The predicted molar refractivity (Wildman–Crippen MR) is 104 cm³/mol. The van der Waals surface area contributed by atoms with Crippen molar-refractivity contribution in [2.45, 2.75) is 38.3 Å². The Hall–Kier alpha value is -2.42. The average Bonchev–Trinajstić information content (AvgIpc) is 2.92. The number of fused-ring (bicyclic) bond motifs is 1. The Labute approximate surface area is 158 Å². The summed E-state index contributed by atoms with van der Waals surface area (Å²) in [6.45, 7) is 7.05. The van der Waals surface area contributed by atoms with Crippen molar-refractivity contribution in [3.8, 4) is 0 Å². The second-order valence-corrected chi connectivity index (χ2v) is 8.70. The van der Waals surface area contributed by atoms with Gasteiger partial charge in [-0.15, -0.1) is 5.48 Å². The van der Waals surface area contributed by atoms with Crippen LogP contribution in [0.1, 0.15) is 27.7 Å². The van der Waals surface area contributed by atoms with E-state index in [9.17, 15) is 13.2 Å². The van der Waals surface area contributed by atoms with Crippen molar-refractivity contribution in [3.63, 3.8) is 0 Å². The summed E-state index contributed by atoms with van der Waals surface area (Å²) in [6, 6.07) is 10.2. The van der Waals surface area contributed by atoms with E-state index in [0.717, 1.165) is 0 Å². The maximum Gasteiger partial charge on any atom is 0.243 e. The summed E-state index contributed by atoms with van der Waals surface area (Å²) in [7, 11) is -3.87. The number of nitrogens with one attached hydrogen (secondary N) is 3. The number of amides is 1. The first kappa shape index (κ1) is 19.3. The van der Waals surface area contributed by atoms with Gasteiger partial charge in [-0.2, -0.15) is 4.72 Å². The maximum absolute atomic E-state index is 13.1. The number of anilines is 1. The van der Waals surface area contributed by atoms with Crippen LogP contribution in [0.4, 0.5) is 5.69 Å². The van der Waals surface area contributed by atoms with Gasteiger partial charge in [0.15, 0.2) is 0 Å². The molecule has 2 aromatic rings. The molecule has 0 spiro atoms. The Morgan fingerprint density at radius 2 is 1.81 bits per heavy atom. The van der Waals surface area contributed by atoms with Gasteiger partial charge in [0, 0.05) is 28.0 Å². The van der Waals surface area contributed by atoms with E-state index in [-0.39, 0.29) is 16.7 Å². The number of carbonyl (C=O) groups is 1. The van der Waals surface area contributed by atoms with Crippen LogP contribution >= 0.6 is 0 Å². The van der Waals surface area contributed by atoms with Crippen LogP contribution in [0, 0.1) is 5.92 Å². The average molecular weight is 389 g/mol. The Morgan fingerprint density at radius 3 is 2.44 bits per heavy atom. The van der Waals surface area contributed by atoms with E-state index in [1.165, 1.54) is 12.3 Å². The molecule has 0 saturated heterocycles. The first-order valence-corrected chi connectivity index (χ1v) is 10.1. The van der Waals surface area contributed by atoms with Crippen LogP contribution in [0.3, 0.4) is 0 Å². The number of benzene rings is 2. The highest BCUT2D eigenvalue weighted by atomic mass is 32.2. The Kier molecular flexibility index (Phi) is 4.98. The molecule has 1 aliphatic heterocycles. The molecule has 3 N–H and O–H groups in total. The van der Waals surface area contributed by atoms with Gasteiger partial charge in [-0.1, -0.05) is 38.1 Å². The standard InChI is InChI=1S/C19H23N3O4S/c1-12(2)18(23)20-16-9-5-8-15-14(16)7-6-10-17(15)27(24,25)22-19(4)13(3)11-26-21-19/h5-12,21-22H,1-4H3,(H,20,23). The first-order chi connectivity index (χ1) is 12.6. The molecule has 3 rings (SSSR count). The summed E-state index contributed by atoms with van der Waals surface area (Å²) in [5.41, 5.74) is 2.91. The summed E-state index contributed by atoms with van der Waals surface area (Å²) < 4.78 is 28.8. The van der Waals surface area contributed by atoms with E-state index in [4.69, 9.17) is 4.84 Å². The van der Waals surface area contributed by atoms with Crippen molar-refractivity contribution < 1.29 is 18.0 Å². The molecular weight excluding hydrogens is 366 g/mol. The van der Waals surface area contributed by atoms with Crippen LogP contribution in [0.2, 0.25) is 0 Å². The van der Waals surface area contributed by atoms with Gasteiger partial charge in [-0.25, -0.2) is 8.42 Å². The van der Waals surface area contributed by atoms with E-state index in [1.54, 1.807) is 58.0 Å². The van der Waals surface area contributed by atoms with Gasteiger partial charge in [0.1, 0.15) is 11.9 Å². The SMILES string of the molecule is CC1=CONC1(C)NS(=O)(=O)c1cccc2c(NC(=O)C(C)C)cccc12. The molecular formula is C19H23N3O4S. The third kappa shape index (κ3) is 3.69. The predicted octanol–water partition coefficient (Wildman–Crippen LogP) is 2.87. The minimum Gasteiger partial charge on any atom is -0.414 e. The van der Waals surface area contributed by atoms with Crippen molar-refractivity contribution in [3.05, 3.63) is 48.2 Å². The van der Waals surface area contributed by atoms with Crippen molar-refractivity contribution in [1.29, 1.82) is 0 Å². The zero-order valence-corrected chi connectivity index (χ0v) is 16.5. The summed E-state index contributed by atoms with van der Waals surface area (Å²) in [6.07, 6.45) is 1.46. The molecule has 8 heteroatoms. The lowest BCUT2D eigenvalue weighted by molar-refractivity contribution is -0.118. The number of hydrogen-bond donors (Lipinski definition) is 3. The molecule has 0 radical (unpaired) electrons. The largest absolute Gasteiger partial charge is 0.414 e. The van der Waals surface area contributed by atoms with Gasteiger partial charge < -0.3 is 10.2 Å². The summed E-state index contributed by atoms with van der Waals surface area (Å²) in [4.78, 5) is 17.2. The fraction of sp³-hybridized carbons (Fsp3) is 0.316. The molecule has 1 amide bonds. The second kappa shape index (κ2) is 6.95. The van der Waals surface area contributed by atoms with Crippen LogP contribution in [0.5, 0.6) is 0 Å². The monoisotopic (exact) mass is 389 g/mol. The minimum atomic E-state index is -3.87. The van der Waals surface area contributed by atoms with Crippen molar-refractivity contribution in [2.24, 2.45) is 5.92 Å². The number of hydrogen-bond acceptors (Lipinski definition) is 5. The van der Waals surface area contributed by atoms with E-state index in [2.05, 4.69) is 15.5 Å². The Bertz CT molecular complexity index is 1030. The van der Waals surface area contributed by atoms with Gasteiger partial charge in [0.05, 0.1) is 4.90 Å². The number of rotatable bonds is 5. The molecule has 1 atom stereocenters. The Morgan fingerprint density at radius 1 is 1.15 bits per heavy atom. The molecule has 1 aliphatic rings. The summed E-state index contributed by atoms with van der Waals surface area (Å²) in [5.74, 6) is -0.313. The third-order valence-electron chi connectivity index (χ3n) is 4.58. The zero-order chi connectivity index (χ0) is 19.8. The quantitative estimate of drug-likeness (QED) is 0.731. The smallest absolute Gasteiger partial charge is 0.243 e. The highest BCUT2D eigenvalue weighted by Crippen LogP contribution is 2.30.